The van der Waals surface area contributed by atoms with Gasteiger partial charge in [0.05, 0.1) is 8.07 Å². The molecule has 2 heteroatoms. The number of rotatable bonds is 6. The summed E-state index contributed by atoms with van der Waals surface area (Å²) in [6.45, 7) is 8.26. The molecule has 1 unspecified atom stereocenters. The Bertz CT molecular complexity index is 201. The number of hydrogen-bond donors (Lipinski definition) is 1. The zero-order valence-corrected chi connectivity index (χ0v) is 12.6. The van der Waals surface area contributed by atoms with Gasteiger partial charge in [-0.05, 0) is 30.8 Å². The van der Waals surface area contributed by atoms with E-state index in [1.54, 1.807) is 6.04 Å². The van der Waals surface area contributed by atoms with Crippen LogP contribution >= 0.6 is 0 Å². The van der Waals surface area contributed by atoms with Gasteiger partial charge in [-0.15, -0.1) is 0 Å². The first kappa shape index (κ1) is 14.2. The largest absolute Gasteiger partial charge is 0.330 e. The van der Waals surface area contributed by atoms with Gasteiger partial charge in [0.15, 0.2) is 0 Å². The Hall–Kier alpha value is 0.177. The maximum Gasteiger partial charge on any atom is 0.0592 e. The van der Waals surface area contributed by atoms with E-state index in [2.05, 4.69) is 20.8 Å². The van der Waals surface area contributed by atoms with E-state index < -0.39 is 8.07 Å². The third kappa shape index (κ3) is 2.38. The zero-order chi connectivity index (χ0) is 12.1. The number of nitrogens with two attached hydrogens (primary N) is 1. The Balaban J connectivity index is 2.90. The second kappa shape index (κ2) is 6.20. The molecule has 0 aliphatic carbocycles. The maximum absolute atomic E-state index is 5.75. The SMILES string of the molecule is CCC1(CCCN)CCCC[Si]1(CC)CC. The van der Waals surface area contributed by atoms with Crippen molar-refractivity contribution in [3.05, 3.63) is 0 Å². The highest BCUT2D eigenvalue weighted by Gasteiger charge is 2.49. The lowest BCUT2D eigenvalue weighted by Crippen LogP contribution is -2.49. The fourth-order valence-electron chi connectivity index (χ4n) is 4.37. The molecule has 0 bridgehead atoms. The standard InChI is InChI=1S/C14H31NSi/c1-4-14(11-9-12-15)10-7-8-13-16(14,5-2)6-3/h4-13,15H2,1-3H3. The molecular weight excluding hydrogens is 210 g/mol. The van der Waals surface area contributed by atoms with Gasteiger partial charge in [0.2, 0.25) is 0 Å². The Kier molecular flexibility index (Phi) is 5.52. The molecule has 1 nitrogen and oxygen atoms in total. The summed E-state index contributed by atoms with van der Waals surface area (Å²) in [5.41, 5.74) is 5.75. The predicted molar refractivity (Wildman–Crippen MR) is 76.6 cm³/mol. The summed E-state index contributed by atoms with van der Waals surface area (Å²) in [5.74, 6) is 0. The second-order valence-corrected chi connectivity index (χ2v) is 11.3. The molecule has 0 spiro atoms. The average Bonchev–Trinajstić information content (AvgIpc) is 2.36. The van der Waals surface area contributed by atoms with Crippen LogP contribution in [-0.2, 0) is 0 Å². The van der Waals surface area contributed by atoms with E-state index in [9.17, 15) is 0 Å². The second-order valence-electron chi connectivity index (χ2n) is 5.72. The lowest BCUT2D eigenvalue weighted by molar-refractivity contribution is 0.387. The van der Waals surface area contributed by atoms with Gasteiger partial charge in [-0.1, -0.05) is 58.2 Å². The fourth-order valence-corrected chi connectivity index (χ4v) is 10.7. The van der Waals surface area contributed by atoms with Crippen LogP contribution in [0.2, 0.25) is 23.2 Å². The topological polar surface area (TPSA) is 26.0 Å². The van der Waals surface area contributed by atoms with Crippen molar-refractivity contribution < 1.29 is 0 Å². The number of hydrogen-bond acceptors (Lipinski definition) is 1. The molecule has 0 aromatic carbocycles. The molecule has 0 aromatic rings. The Labute approximate surface area is 103 Å². The highest BCUT2D eigenvalue weighted by atomic mass is 28.3. The molecule has 16 heavy (non-hydrogen) atoms. The van der Waals surface area contributed by atoms with Gasteiger partial charge in [-0.2, -0.15) is 0 Å². The van der Waals surface area contributed by atoms with Crippen molar-refractivity contribution in [3.8, 4) is 0 Å². The van der Waals surface area contributed by atoms with Crippen LogP contribution in [0.5, 0.6) is 0 Å². The van der Waals surface area contributed by atoms with Crippen LogP contribution in [0.25, 0.3) is 0 Å². The Morgan fingerprint density at radius 2 is 1.81 bits per heavy atom. The fraction of sp³-hybridized carbons (Fsp3) is 1.00. The van der Waals surface area contributed by atoms with Crippen molar-refractivity contribution in [2.45, 2.75) is 82.5 Å². The van der Waals surface area contributed by atoms with Crippen LogP contribution in [0.1, 0.15) is 59.3 Å². The monoisotopic (exact) mass is 241 g/mol. The molecule has 1 fully saturated rings. The van der Waals surface area contributed by atoms with Crippen molar-refractivity contribution in [1.29, 1.82) is 0 Å². The van der Waals surface area contributed by atoms with Gasteiger partial charge in [-0.25, -0.2) is 0 Å². The first-order valence-corrected chi connectivity index (χ1v) is 10.0. The molecule has 1 aliphatic heterocycles. The molecule has 0 radical (unpaired) electrons. The van der Waals surface area contributed by atoms with E-state index in [4.69, 9.17) is 5.73 Å². The van der Waals surface area contributed by atoms with Crippen LogP contribution in [0.15, 0.2) is 0 Å². The van der Waals surface area contributed by atoms with Gasteiger partial charge in [0.1, 0.15) is 0 Å². The van der Waals surface area contributed by atoms with Crippen LogP contribution < -0.4 is 5.73 Å². The van der Waals surface area contributed by atoms with Crippen molar-refractivity contribution >= 4 is 8.07 Å². The van der Waals surface area contributed by atoms with Crippen LogP contribution in [0.3, 0.4) is 0 Å². The lowest BCUT2D eigenvalue weighted by atomic mass is 9.92. The molecule has 1 atom stereocenters. The molecule has 1 rings (SSSR count). The van der Waals surface area contributed by atoms with Crippen LogP contribution in [-0.4, -0.2) is 14.6 Å². The lowest BCUT2D eigenvalue weighted by Gasteiger charge is -2.52. The van der Waals surface area contributed by atoms with Crippen molar-refractivity contribution in [2.75, 3.05) is 6.54 Å². The smallest absolute Gasteiger partial charge is 0.0592 e. The molecule has 1 aliphatic rings. The summed E-state index contributed by atoms with van der Waals surface area (Å²) in [6, 6.07) is 4.60. The Morgan fingerprint density at radius 3 is 2.31 bits per heavy atom. The molecular formula is C14H31NSi. The van der Waals surface area contributed by atoms with E-state index in [1.807, 2.05) is 0 Å². The molecule has 2 N–H and O–H groups in total. The minimum Gasteiger partial charge on any atom is -0.330 e. The van der Waals surface area contributed by atoms with Gasteiger partial charge in [-0.3, -0.25) is 0 Å². The average molecular weight is 241 g/mol. The van der Waals surface area contributed by atoms with Gasteiger partial charge < -0.3 is 5.73 Å². The van der Waals surface area contributed by atoms with Gasteiger partial charge >= 0.3 is 0 Å². The van der Waals surface area contributed by atoms with E-state index in [0.29, 0.717) is 0 Å². The first-order valence-electron chi connectivity index (χ1n) is 7.40. The molecule has 1 heterocycles. The van der Waals surface area contributed by atoms with Crippen molar-refractivity contribution in [3.63, 3.8) is 0 Å². The minimum atomic E-state index is -1.00. The molecule has 1 saturated heterocycles. The summed E-state index contributed by atoms with van der Waals surface area (Å²) in [6.07, 6.45) is 8.60. The van der Waals surface area contributed by atoms with E-state index in [0.717, 1.165) is 11.6 Å². The zero-order valence-electron chi connectivity index (χ0n) is 11.6. The quantitative estimate of drug-likeness (QED) is 0.678. The summed E-state index contributed by atoms with van der Waals surface area (Å²) in [4.78, 5) is 0. The third-order valence-electron chi connectivity index (χ3n) is 5.58. The first-order chi connectivity index (χ1) is 7.70. The predicted octanol–water partition coefficient (Wildman–Crippen LogP) is 4.55. The summed E-state index contributed by atoms with van der Waals surface area (Å²) >= 11 is 0. The Morgan fingerprint density at radius 1 is 1.12 bits per heavy atom. The van der Waals surface area contributed by atoms with Crippen LogP contribution in [0, 0.1) is 0 Å². The molecule has 0 aromatic heterocycles. The van der Waals surface area contributed by atoms with Crippen molar-refractivity contribution in [2.24, 2.45) is 5.73 Å². The van der Waals surface area contributed by atoms with Gasteiger partial charge in [0.25, 0.3) is 0 Å². The van der Waals surface area contributed by atoms with Gasteiger partial charge in [0, 0.05) is 0 Å². The molecule has 0 amide bonds. The van der Waals surface area contributed by atoms with Crippen molar-refractivity contribution in [1.82, 2.24) is 0 Å². The van der Waals surface area contributed by atoms with E-state index in [1.165, 1.54) is 50.6 Å². The molecule has 96 valence electrons. The highest BCUT2D eigenvalue weighted by molar-refractivity contribution is 6.82. The summed E-state index contributed by atoms with van der Waals surface area (Å²) < 4.78 is 0. The highest BCUT2D eigenvalue weighted by Crippen LogP contribution is 2.58. The maximum atomic E-state index is 5.75. The summed E-state index contributed by atoms with van der Waals surface area (Å²) in [7, 11) is -1.00. The van der Waals surface area contributed by atoms with E-state index in [-0.39, 0.29) is 0 Å². The van der Waals surface area contributed by atoms with Crippen LogP contribution in [0.4, 0.5) is 0 Å². The van der Waals surface area contributed by atoms with E-state index >= 15 is 0 Å². The third-order valence-corrected chi connectivity index (χ3v) is 12.7. The normalized spacial score (nSPS) is 29.2. The minimum absolute atomic E-state index is 0.744. The molecule has 0 saturated carbocycles. The summed E-state index contributed by atoms with van der Waals surface area (Å²) in [5, 5.41) is 0.744.